The Morgan fingerprint density at radius 3 is 3.00 bits per heavy atom. The number of nitrogens with one attached hydrogen (secondary N) is 1. The lowest BCUT2D eigenvalue weighted by Gasteiger charge is -2.42. The first-order valence-electron chi connectivity index (χ1n) is 7.39. The minimum atomic E-state index is 0.0786. The standard InChI is InChI=1S/C14H21BrN4OS/c1-2-10(16)13(11-3-4-12(15)21-11)18-5-6-19-9(8-18)7-17-14(19)20/h3-4,9-10,13H,2,5-8,16H2,1H3,(H,17,20). The molecule has 2 amide bonds. The third-order valence-electron chi connectivity index (χ3n) is 4.42. The SMILES string of the molecule is CCC(N)C(c1ccc(Br)s1)N1CCN2C(=O)NCC2C1. The van der Waals surface area contributed by atoms with Crippen LogP contribution in [-0.2, 0) is 0 Å². The van der Waals surface area contributed by atoms with Gasteiger partial charge in [-0.2, -0.15) is 0 Å². The van der Waals surface area contributed by atoms with Crippen LogP contribution in [-0.4, -0.2) is 54.1 Å². The Balaban J connectivity index is 1.79. The van der Waals surface area contributed by atoms with E-state index < -0.39 is 0 Å². The normalized spacial score (nSPS) is 25.6. The third kappa shape index (κ3) is 2.97. The number of hydrogen-bond donors (Lipinski definition) is 2. The maximum Gasteiger partial charge on any atom is 0.317 e. The first-order chi connectivity index (χ1) is 10.1. The number of halogens is 1. The van der Waals surface area contributed by atoms with Gasteiger partial charge < -0.3 is 16.0 Å². The van der Waals surface area contributed by atoms with E-state index in [1.165, 1.54) is 4.88 Å². The van der Waals surface area contributed by atoms with Crippen LogP contribution in [0, 0.1) is 0 Å². The van der Waals surface area contributed by atoms with Crippen molar-refractivity contribution in [2.24, 2.45) is 5.73 Å². The molecule has 0 bridgehead atoms. The van der Waals surface area contributed by atoms with E-state index in [9.17, 15) is 4.79 Å². The van der Waals surface area contributed by atoms with Gasteiger partial charge in [0.2, 0.25) is 0 Å². The Morgan fingerprint density at radius 2 is 2.33 bits per heavy atom. The number of carbonyl (C=O) groups is 1. The van der Waals surface area contributed by atoms with Crippen LogP contribution in [0.3, 0.4) is 0 Å². The fraction of sp³-hybridized carbons (Fsp3) is 0.643. The number of urea groups is 1. The highest BCUT2D eigenvalue weighted by Gasteiger charge is 2.39. The van der Waals surface area contributed by atoms with Crippen molar-refractivity contribution in [3.63, 3.8) is 0 Å². The summed E-state index contributed by atoms with van der Waals surface area (Å²) in [5, 5.41) is 2.93. The van der Waals surface area contributed by atoms with E-state index >= 15 is 0 Å². The van der Waals surface area contributed by atoms with Gasteiger partial charge in [0.25, 0.3) is 0 Å². The van der Waals surface area contributed by atoms with Gasteiger partial charge in [-0.3, -0.25) is 4.90 Å². The molecule has 3 heterocycles. The largest absolute Gasteiger partial charge is 0.336 e. The molecule has 0 spiro atoms. The van der Waals surface area contributed by atoms with Crippen LogP contribution in [0.5, 0.6) is 0 Å². The van der Waals surface area contributed by atoms with Crippen LogP contribution < -0.4 is 11.1 Å². The van der Waals surface area contributed by atoms with E-state index in [4.69, 9.17) is 5.73 Å². The highest BCUT2D eigenvalue weighted by atomic mass is 79.9. The average Bonchev–Trinajstić information content (AvgIpc) is 3.06. The molecule has 7 heteroatoms. The van der Waals surface area contributed by atoms with Crippen LogP contribution in [0.2, 0.25) is 0 Å². The molecule has 2 aliphatic rings. The third-order valence-corrected chi connectivity index (χ3v) is 6.11. The van der Waals surface area contributed by atoms with Gasteiger partial charge in [0.05, 0.1) is 15.9 Å². The molecule has 21 heavy (non-hydrogen) atoms. The minimum absolute atomic E-state index is 0.0786. The summed E-state index contributed by atoms with van der Waals surface area (Å²) in [6.07, 6.45) is 0.947. The zero-order valence-electron chi connectivity index (χ0n) is 12.1. The fourth-order valence-corrected chi connectivity index (χ4v) is 4.89. The van der Waals surface area contributed by atoms with Crippen molar-refractivity contribution < 1.29 is 4.79 Å². The summed E-state index contributed by atoms with van der Waals surface area (Å²) < 4.78 is 1.14. The van der Waals surface area contributed by atoms with Crippen molar-refractivity contribution in [3.05, 3.63) is 20.8 Å². The molecule has 0 aromatic carbocycles. The molecule has 2 saturated heterocycles. The van der Waals surface area contributed by atoms with Crippen molar-refractivity contribution in [3.8, 4) is 0 Å². The van der Waals surface area contributed by atoms with Crippen LogP contribution in [0.4, 0.5) is 4.79 Å². The summed E-state index contributed by atoms with van der Waals surface area (Å²) >= 11 is 5.30. The highest BCUT2D eigenvalue weighted by molar-refractivity contribution is 9.11. The van der Waals surface area contributed by atoms with Gasteiger partial charge >= 0.3 is 6.03 Å². The highest BCUT2D eigenvalue weighted by Crippen LogP contribution is 2.34. The van der Waals surface area contributed by atoms with Gasteiger partial charge in [0, 0.05) is 37.1 Å². The maximum atomic E-state index is 11.7. The van der Waals surface area contributed by atoms with Gasteiger partial charge in [-0.25, -0.2) is 4.79 Å². The van der Waals surface area contributed by atoms with Gasteiger partial charge in [0.1, 0.15) is 0 Å². The summed E-state index contributed by atoms with van der Waals surface area (Å²) in [4.78, 5) is 17.4. The zero-order chi connectivity index (χ0) is 15.0. The fourth-order valence-electron chi connectivity index (χ4n) is 3.25. The van der Waals surface area contributed by atoms with Crippen molar-refractivity contribution in [2.45, 2.75) is 31.5 Å². The monoisotopic (exact) mass is 372 g/mol. The molecular formula is C14H21BrN4OS. The van der Waals surface area contributed by atoms with Crippen LogP contribution in [0.1, 0.15) is 24.3 Å². The summed E-state index contributed by atoms with van der Waals surface area (Å²) in [6.45, 7) is 5.45. The first-order valence-corrected chi connectivity index (χ1v) is 9.00. The second-order valence-corrected chi connectivity index (χ2v) is 8.18. The number of thiophene rings is 1. The van der Waals surface area contributed by atoms with Crippen molar-refractivity contribution >= 4 is 33.3 Å². The lowest BCUT2D eigenvalue weighted by Crippen LogP contribution is -2.55. The number of piperazine rings is 1. The first kappa shape index (κ1) is 15.3. The maximum absolute atomic E-state index is 11.7. The summed E-state index contributed by atoms with van der Waals surface area (Å²) in [7, 11) is 0. The molecule has 3 N–H and O–H groups in total. The number of nitrogens with zero attached hydrogens (tertiary/aromatic N) is 2. The molecule has 2 aliphatic heterocycles. The van der Waals surface area contributed by atoms with Gasteiger partial charge in [-0.05, 0) is 34.5 Å². The van der Waals surface area contributed by atoms with E-state index in [-0.39, 0.29) is 24.2 Å². The molecule has 0 radical (unpaired) electrons. The second kappa shape index (κ2) is 6.24. The number of rotatable bonds is 4. The van der Waals surface area contributed by atoms with Crippen molar-refractivity contribution in [1.82, 2.24) is 15.1 Å². The van der Waals surface area contributed by atoms with Crippen molar-refractivity contribution in [1.29, 1.82) is 0 Å². The van der Waals surface area contributed by atoms with E-state index in [2.05, 4.69) is 45.2 Å². The average molecular weight is 373 g/mol. The van der Waals surface area contributed by atoms with Gasteiger partial charge in [-0.1, -0.05) is 6.92 Å². The van der Waals surface area contributed by atoms with Gasteiger partial charge in [-0.15, -0.1) is 11.3 Å². The molecule has 0 aliphatic carbocycles. The zero-order valence-corrected chi connectivity index (χ0v) is 14.5. The number of amides is 2. The van der Waals surface area contributed by atoms with Gasteiger partial charge in [0.15, 0.2) is 0 Å². The lowest BCUT2D eigenvalue weighted by molar-refractivity contribution is 0.0779. The molecule has 0 saturated carbocycles. The molecule has 3 atom stereocenters. The number of fused-ring (bicyclic) bond motifs is 1. The van der Waals surface area contributed by atoms with Crippen LogP contribution in [0.15, 0.2) is 15.9 Å². The van der Waals surface area contributed by atoms with E-state index in [0.717, 1.165) is 36.4 Å². The molecule has 2 fully saturated rings. The molecule has 1 aromatic heterocycles. The summed E-state index contributed by atoms with van der Waals surface area (Å²) in [6, 6.07) is 4.97. The van der Waals surface area contributed by atoms with Crippen LogP contribution >= 0.6 is 27.3 Å². The Labute approximate surface area is 137 Å². The Kier molecular flexibility index (Phi) is 4.54. The summed E-state index contributed by atoms with van der Waals surface area (Å²) in [5.74, 6) is 0. The Hall–Kier alpha value is -0.630. The number of carbonyl (C=O) groups excluding carboxylic acids is 1. The van der Waals surface area contributed by atoms with Crippen molar-refractivity contribution in [2.75, 3.05) is 26.2 Å². The molecule has 116 valence electrons. The summed E-state index contributed by atoms with van der Waals surface area (Å²) in [5.41, 5.74) is 6.41. The quantitative estimate of drug-likeness (QED) is 0.849. The topological polar surface area (TPSA) is 61.6 Å². The molecular weight excluding hydrogens is 352 g/mol. The van der Waals surface area contributed by atoms with E-state index in [1.807, 2.05) is 4.90 Å². The Morgan fingerprint density at radius 1 is 1.52 bits per heavy atom. The smallest absolute Gasteiger partial charge is 0.317 e. The predicted molar refractivity (Wildman–Crippen MR) is 88.5 cm³/mol. The Bertz CT molecular complexity index is 523. The lowest BCUT2D eigenvalue weighted by atomic mass is 10.0. The molecule has 1 aromatic rings. The number of hydrogen-bond acceptors (Lipinski definition) is 4. The second-order valence-electron chi connectivity index (χ2n) is 5.69. The number of nitrogens with two attached hydrogens (primary N) is 1. The molecule has 3 rings (SSSR count). The molecule has 5 nitrogen and oxygen atoms in total. The predicted octanol–water partition coefficient (Wildman–Crippen LogP) is 2.00. The van der Waals surface area contributed by atoms with E-state index in [0.29, 0.717) is 0 Å². The minimum Gasteiger partial charge on any atom is -0.336 e. The van der Waals surface area contributed by atoms with E-state index in [1.54, 1.807) is 11.3 Å². The van der Waals surface area contributed by atoms with Crippen LogP contribution in [0.25, 0.3) is 0 Å². The molecule has 3 unspecified atom stereocenters.